The lowest BCUT2D eigenvalue weighted by atomic mass is 10.2. The number of rotatable bonds is 4. The maximum atomic E-state index is 13.7. The smallest absolute Gasteiger partial charge is 0.257 e. The van der Waals surface area contributed by atoms with Gasteiger partial charge in [0.05, 0.1) is 5.56 Å². The monoisotopic (exact) mass is 226 g/mol. The Morgan fingerprint density at radius 3 is 2.69 bits per heavy atom. The summed E-state index contributed by atoms with van der Waals surface area (Å²) in [5.41, 5.74) is 2.09. The van der Waals surface area contributed by atoms with Crippen LogP contribution in [0.1, 0.15) is 24.2 Å². The zero-order valence-corrected chi connectivity index (χ0v) is 9.33. The molecular weight excluding hydrogens is 211 g/mol. The Morgan fingerprint density at radius 2 is 2.19 bits per heavy atom. The van der Waals surface area contributed by atoms with Crippen molar-refractivity contribution in [2.24, 2.45) is 5.84 Å². The second-order valence-corrected chi connectivity index (χ2v) is 3.14. The van der Waals surface area contributed by atoms with Crippen molar-refractivity contribution < 1.29 is 9.18 Å². The fraction of sp³-hybridized carbons (Fsp3) is 0.400. The number of nitrogen functional groups attached to an aromatic ring is 1. The molecule has 0 aliphatic rings. The quantitative estimate of drug-likeness (QED) is 0.593. The van der Waals surface area contributed by atoms with E-state index < -0.39 is 5.82 Å². The molecule has 0 atom stereocenters. The standard InChI is InChI=1S/C10H15FN4O/c1-3-15(4-2)10(16)7-5-6-13-9(14-12)8(7)11/h5-6H,3-4,12H2,1-2H3,(H,13,14). The number of amides is 1. The minimum absolute atomic E-state index is 0.0216. The van der Waals surface area contributed by atoms with Crippen LogP contribution in [-0.4, -0.2) is 28.9 Å². The molecular formula is C10H15FN4O. The van der Waals surface area contributed by atoms with Crippen LogP contribution in [0.4, 0.5) is 10.2 Å². The molecule has 0 aromatic carbocycles. The van der Waals surface area contributed by atoms with Gasteiger partial charge < -0.3 is 10.3 Å². The highest BCUT2D eigenvalue weighted by Crippen LogP contribution is 2.15. The number of nitrogens with one attached hydrogen (secondary N) is 1. The lowest BCUT2D eigenvalue weighted by Gasteiger charge is -2.19. The van der Waals surface area contributed by atoms with E-state index in [0.29, 0.717) is 13.1 Å². The third-order valence-corrected chi connectivity index (χ3v) is 2.31. The summed E-state index contributed by atoms with van der Waals surface area (Å²) in [7, 11) is 0. The van der Waals surface area contributed by atoms with Crippen molar-refractivity contribution in [1.29, 1.82) is 0 Å². The average Bonchev–Trinajstić information content (AvgIpc) is 2.30. The molecule has 1 aromatic rings. The van der Waals surface area contributed by atoms with Gasteiger partial charge in [0.25, 0.3) is 5.91 Å². The molecule has 0 aliphatic heterocycles. The first kappa shape index (κ1) is 12.4. The summed E-state index contributed by atoms with van der Waals surface area (Å²) in [6, 6.07) is 1.34. The molecule has 0 saturated heterocycles. The van der Waals surface area contributed by atoms with Crippen molar-refractivity contribution in [2.45, 2.75) is 13.8 Å². The number of hydrogen-bond donors (Lipinski definition) is 2. The molecule has 0 radical (unpaired) electrons. The molecule has 3 N–H and O–H groups in total. The van der Waals surface area contributed by atoms with Gasteiger partial charge in [0.2, 0.25) is 0 Å². The van der Waals surface area contributed by atoms with E-state index in [2.05, 4.69) is 10.4 Å². The first-order chi connectivity index (χ1) is 7.65. The zero-order chi connectivity index (χ0) is 12.1. The van der Waals surface area contributed by atoms with Gasteiger partial charge in [-0.1, -0.05) is 0 Å². The van der Waals surface area contributed by atoms with Gasteiger partial charge in [0.1, 0.15) is 0 Å². The molecule has 0 unspecified atom stereocenters. The molecule has 6 heteroatoms. The molecule has 0 bridgehead atoms. The summed E-state index contributed by atoms with van der Waals surface area (Å²) in [6.45, 7) is 4.73. The molecule has 1 heterocycles. The van der Waals surface area contributed by atoms with Crippen molar-refractivity contribution in [3.05, 3.63) is 23.6 Å². The van der Waals surface area contributed by atoms with Crippen LogP contribution in [0.15, 0.2) is 12.3 Å². The van der Waals surface area contributed by atoms with Gasteiger partial charge in [-0.05, 0) is 19.9 Å². The topological polar surface area (TPSA) is 71.2 Å². The van der Waals surface area contributed by atoms with E-state index in [1.807, 2.05) is 13.8 Å². The van der Waals surface area contributed by atoms with Crippen molar-refractivity contribution in [3.63, 3.8) is 0 Å². The highest BCUT2D eigenvalue weighted by Gasteiger charge is 2.19. The number of halogens is 1. The number of aromatic nitrogens is 1. The van der Waals surface area contributed by atoms with E-state index in [9.17, 15) is 9.18 Å². The van der Waals surface area contributed by atoms with Crippen molar-refractivity contribution >= 4 is 11.7 Å². The van der Waals surface area contributed by atoms with E-state index in [1.54, 1.807) is 0 Å². The molecule has 0 fully saturated rings. The first-order valence-electron chi connectivity index (χ1n) is 5.06. The highest BCUT2D eigenvalue weighted by atomic mass is 19.1. The van der Waals surface area contributed by atoms with E-state index in [0.717, 1.165) is 0 Å². The van der Waals surface area contributed by atoms with Gasteiger partial charge in [-0.2, -0.15) is 0 Å². The molecule has 0 saturated carbocycles. The molecule has 0 spiro atoms. The molecule has 88 valence electrons. The Hall–Kier alpha value is -1.69. The summed E-state index contributed by atoms with van der Waals surface area (Å²) < 4.78 is 13.7. The largest absolute Gasteiger partial charge is 0.339 e. The van der Waals surface area contributed by atoms with Crippen LogP contribution in [-0.2, 0) is 0 Å². The Bertz CT molecular complexity index is 379. The summed E-state index contributed by atoms with van der Waals surface area (Å²) in [6.07, 6.45) is 1.34. The second kappa shape index (κ2) is 5.41. The van der Waals surface area contributed by atoms with Gasteiger partial charge >= 0.3 is 0 Å². The summed E-state index contributed by atoms with van der Waals surface area (Å²) in [5, 5.41) is 0. The number of anilines is 1. The summed E-state index contributed by atoms with van der Waals surface area (Å²) in [5.74, 6) is 3.88. The zero-order valence-electron chi connectivity index (χ0n) is 9.33. The number of hydrogen-bond acceptors (Lipinski definition) is 4. The lowest BCUT2D eigenvalue weighted by molar-refractivity contribution is 0.0768. The van der Waals surface area contributed by atoms with Crippen LogP contribution >= 0.6 is 0 Å². The van der Waals surface area contributed by atoms with E-state index in [4.69, 9.17) is 5.84 Å². The van der Waals surface area contributed by atoms with Crippen molar-refractivity contribution in [1.82, 2.24) is 9.88 Å². The predicted molar refractivity (Wildman–Crippen MR) is 59.3 cm³/mol. The molecule has 1 amide bonds. The normalized spacial score (nSPS) is 10.0. The summed E-state index contributed by atoms with van der Waals surface area (Å²) in [4.78, 5) is 17.1. The maximum absolute atomic E-state index is 13.7. The molecule has 5 nitrogen and oxygen atoms in total. The minimum atomic E-state index is -0.720. The second-order valence-electron chi connectivity index (χ2n) is 3.14. The van der Waals surface area contributed by atoms with Crippen LogP contribution in [0.2, 0.25) is 0 Å². The molecule has 0 aliphatic carbocycles. The van der Waals surface area contributed by atoms with Crippen LogP contribution in [0.5, 0.6) is 0 Å². The number of carbonyl (C=O) groups excluding carboxylic acids is 1. The number of pyridine rings is 1. The van der Waals surface area contributed by atoms with Crippen LogP contribution in [0.25, 0.3) is 0 Å². The number of nitrogens with two attached hydrogens (primary N) is 1. The Kier molecular flexibility index (Phi) is 4.19. The maximum Gasteiger partial charge on any atom is 0.257 e. The van der Waals surface area contributed by atoms with E-state index in [-0.39, 0.29) is 17.3 Å². The van der Waals surface area contributed by atoms with E-state index in [1.165, 1.54) is 17.2 Å². The predicted octanol–water partition coefficient (Wildman–Crippen LogP) is 0.988. The SMILES string of the molecule is CCN(CC)C(=O)c1ccnc(NN)c1F. The van der Waals surface area contributed by atoms with Crippen LogP contribution < -0.4 is 11.3 Å². The summed E-state index contributed by atoms with van der Waals surface area (Å²) >= 11 is 0. The third kappa shape index (κ3) is 2.27. The van der Waals surface area contributed by atoms with Gasteiger partial charge in [-0.3, -0.25) is 4.79 Å². The van der Waals surface area contributed by atoms with Crippen LogP contribution in [0, 0.1) is 5.82 Å². The van der Waals surface area contributed by atoms with E-state index >= 15 is 0 Å². The van der Waals surface area contributed by atoms with Gasteiger partial charge in [-0.25, -0.2) is 15.2 Å². The Balaban J connectivity index is 3.08. The Morgan fingerprint density at radius 1 is 1.56 bits per heavy atom. The first-order valence-corrected chi connectivity index (χ1v) is 5.06. The minimum Gasteiger partial charge on any atom is -0.339 e. The lowest BCUT2D eigenvalue weighted by Crippen LogP contribution is -2.31. The average molecular weight is 226 g/mol. The van der Waals surface area contributed by atoms with Gasteiger partial charge in [0, 0.05) is 19.3 Å². The fourth-order valence-electron chi connectivity index (χ4n) is 1.39. The fourth-order valence-corrected chi connectivity index (χ4v) is 1.39. The molecule has 1 rings (SSSR count). The number of hydrazine groups is 1. The van der Waals surface area contributed by atoms with Gasteiger partial charge in [0.15, 0.2) is 11.6 Å². The highest BCUT2D eigenvalue weighted by molar-refractivity contribution is 5.95. The number of carbonyl (C=O) groups is 1. The molecule has 16 heavy (non-hydrogen) atoms. The Labute approximate surface area is 93.4 Å². The molecule has 1 aromatic heterocycles. The number of nitrogens with zero attached hydrogens (tertiary/aromatic N) is 2. The van der Waals surface area contributed by atoms with Gasteiger partial charge in [-0.15, -0.1) is 0 Å². The van der Waals surface area contributed by atoms with Crippen molar-refractivity contribution in [2.75, 3.05) is 18.5 Å². The van der Waals surface area contributed by atoms with Crippen LogP contribution in [0.3, 0.4) is 0 Å². The van der Waals surface area contributed by atoms with Crippen molar-refractivity contribution in [3.8, 4) is 0 Å². The third-order valence-electron chi connectivity index (χ3n) is 2.31.